The van der Waals surface area contributed by atoms with Gasteiger partial charge in [0.05, 0.1) is 5.54 Å². The fourth-order valence-electron chi connectivity index (χ4n) is 1.82. The quantitative estimate of drug-likeness (QED) is 0.747. The zero-order valence-corrected chi connectivity index (χ0v) is 9.63. The molecule has 0 amide bonds. The molecule has 2 nitrogen and oxygen atoms in total. The molecule has 1 unspecified atom stereocenters. The topological polar surface area (TPSA) is 43.1 Å². The molecule has 0 aromatic carbocycles. The number of halogens is 1. The van der Waals surface area contributed by atoms with Gasteiger partial charge in [0.2, 0.25) is 0 Å². The van der Waals surface area contributed by atoms with Gasteiger partial charge in [-0.15, -0.1) is 0 Å². The molecule has 1 aliphatic rings. The van der Waals surface area contributed by atoms with E-state index in [1.165, 1.54) is 18.2 Å². The molecular formula is C13H18FNO. The number of hydrogen-bond donors (Lipinski definition) is 1. The molecule has 0 bridgehead atoms. The van der Waals surface area contributed by atoms with E-state index in [0.717, 1.165) is 12.8 Å². The number of ketones is 1. The van der Waals surface area contributed by atoms with Crippen molar-refractivity contribution in [2.75, 3.05) is 0 Å². The van der Waals surface area contributed by atoms with Crippen molar-refractivity contribution in [2.24, 2.45) is 5.73 Å². The van der Waals surface area contributed by atoms with E-state index in [0.29, 0.717) is 18.4 Å². The highest BCUT2D eigenvalue weighted by atomic mass is 19.1. The van der Waals surface area contributed by atoms with Gasteiger partial charge in [0, 0.05) is 6.42 Å². The second-order valence-electron chi connectivity index (χ2n) is 4.13. The maximum absolute atomic E-state index is 12.9. The van der Waals surface area contributed by atoms with Crippen molar-refractivity contribution in [1.82, 2.24) is 0 Å². The largest absolute Gasteiger partial charge is 0.315 e. The van der Waals surface area contributed by atoms with E-state index < -0.39 is 5.54 Å². The minimum absolute atomic E-state index is 0.00860. The van der Waals surface area contributed by atoms with Crippen LogP contribution in [-0.2, 0) is 4.79 Å². The Morgan fingerprint density at radius 2 is 2.19 bits per heavy atom. The second kappa shape index (κ2) is 5.21. The van der Waals surface area contributed by atoms with E-state index in [4.69, 9.17) is 5.73 Å². The van der Waals surface area contributed by atoms with Gasteiger partial charge in [0.15, 0.2) is 5.78 Å². The van der Waals surface area contributed by atoms with Crippen LogP contribution in [0.15, 0.2) is 36.2 Å². The van der Waals surface area contributed by atoms with Crippen LogP contribution in [0, 0.1) is 0 Å². The molecule has 1 fully saturated rings. The van der Waals surface area contributed by atoms with E-state index in [1.54, 1.807) is 6.92 Å². The molecule has 16 heavy (non-hydrogen) atoms. The highest BCUT2D eigenvalue weighted by Gasteiger charge is 2.37. The van der Waals surface area contributed by atoms with E-state index >= 15 is 0 Å². The Labute approximate surface area is 95.7 Å². The average molecular weight is 223 g/mol. The lowest BCUT2D eigenvalue weighted by Crippen LogP contribution is -2.50. The Morgan fingerprint density at radius 3 is 2.75 bits per heavy atom. The Balaban J connectivity index is 2.79. The van der Waals surface area contributed by atoms with Gasteiger partial charge >= 0.3 is 0 Å². The predicted octanol–water partition coefficient (Wildman–Crippen LogP) is 2.81. The lowest BCUT2D eigenvalue weighted by atomic mass is 9.76. The first kappa shape index (κ1) is 12.8. The molecular weight excluding hydrogens is 205 g/mol. The summed E-state index contributed by atoms with van der Waals surface area (Å²) >= 11 is 0. The molecule has 0 aromatic rings. The number of hydrogen-bond acceptors (Lipinski definition) is 2. The molecule has 0 saturated heterocycles. The zero-order valence-electron chi connectivity index (χ0n) is 9.63. The monoisotopic (exact) mass is 223 g/mol. The summed E-state index contributed by atoms with van der Waals surface area (Å²) in [5.74, 6) is -0.345. The van der Waals surface area contributed by atoms with Crippen molar-refractivity contribution >= 4 is 5.78 Å². The molecule has 2 N–H and O–H groups in total. The average Bonchev–Trinajstić information content (AvgIpc) is 2.29. The van der Waals surface area contributed by atoms with Crippen molar-refractivity contribution in [1.29, 1.82) is 0 Å². The summed E-state index contributed by atoms with van der Waals surface area (Å²) in [5, 5.41) is 0. The standard InChI is InChI=1S/C13H18FNO/c1-3-11(14)8-7-10(2)13(15)9-5-4-6-12(13)16/h3,7-8H,2,4-6,9,15H2,1H3/b8-7-,11-3+. The highest BCUT2D eigenvalue weighted by molar-refractivity contribution is 5.92. The molecule has 1 atom stereocenters. The number of rotatable bonds is 3. The van der Waals surface area contributed by atoms with Gasteiger partial charge in [0.1, 0.15) is 5.83 Å². The number of allylic oxidation sites excluding steroid dienone is 3. The van der Waals surface area contributed by atoms with Gasteiger partial charge < -0.3 is 5.73 Å². The molecule has 1 aliphatic carbocycles. The molecule has 3 heteroatoms. The summed E-state index contributed by atoms with van der Waals surface area (Å²) in [6.07, 6.45) is 7.04. The predicted molar refractivity (Wildman–Crippen MR) is 63.5 cm³/mol. The van der Waals surface area contributed by atoms with Crippen LogP contribution in [0.1, 0.15) is 32.6 Å². The third-order valence-corrected chi connectivity index (χ3v) is 3.02. The molecule has 0 aliphatic heterocycles. The summed E-state index contributed by atoms with van der Waals surface area (Å²) < 4.78 is 12.9. The van der Waals surface area contributed by atoms with Crippen molar-refractivity contribution in [3.63, 3.8) is 0 Å². The normalized spacial score (nSPS) is 27.4. The first-order valence-corrected chi connectivity index (χ1v) is 5.52. The van der Waals surface area contributed by atoms with Gasteiger partial charge in [-0.2, -0.15) is 0 Å². The van der Waals surface area contributed by atoms with Crippen molar-refractivity contribution in [3.05, 3.63) is 36.2 Å². The van der Waals surface area contributed by atoms with Gasteiger partial charge in [-0.1, -0.05) is 25.2 Å². The fourth-order valence-corrected chi connectivity index (χ4v) is 1.82. The maximum atomic E-state index is 12.9. The van der Waals surface area contributed by atoms with E-state index in [1.807, 2.05) is 0 Å². The van der Waals surface area contributed by atoms with Crippen LogP contribution in [-0.4, -0.2) is 11.3 Å². The number of Topliss-reactive ketones (excluding diaryl/α,β-unsaturated/α-hetero) is 1. The van der Waals surface area contributed by atoms with Crippen LogP contribution in [0.2, 0.25) is 0 Å². The Bertz CT molecular complexity index is 357. The third kappa shape index (κ3) is 2.67. The van der Waals surface area contributed by atoms with E-state index in [9.17, 15) is 9.18 Å². The first-order valence-electron chi connectivity index (χ1n) is 5.52. The van der Waals surface area contributed by atoms with Crippen LogP contribution in [0.25, 0.3) is 0 Å². The Kier molecular flexibility index (Phi) is 4.19. The van der Waals surface area contributed by atoms with Crippen LogP contribution >= 0.6 is 0 Å². The Hall–Kier alpha value is -1.22. The molecule has 0 heterocycles. The van der Waals surface area contributed by atoms with Gasteiger partial charge in [-0.3, -0.25) is 4.79 Å². The van der Waals surface area contributed by atoms with Crippen LogP contribution < -0.4 is 5.73 Å². The summed E-state index contributed by atoms with van der Waals surface area (Å²) in [6.45, 7) is 5.38. The third-order valence-electron chi connectivity index (χ3n) is 3.02. The summed E-state index contributed by atoms with van der Waals surface area (Å²) in [5.41, 5.74) is 5.54. The van der Waals surface area contributed by atoms with Crippen LogP contribution in [0.4, 0.5) is 4.39 Å². The molecule has 0 radical (unpaired) electrons. The summed E-state index contributed by atoms with van der Waals surface area (Å²) in [4.78, 5) is 11.7. The smallest absolute Gasteiger partial charge is 0.157 e. The number of carbonyl (C=O) groups excluding carboxylic acids is 1. The number of nitrogens with two attached hydrogens (primary N) is 1. The van der Waals surface area contributed by atoms with Crippen molar-refractivity contribution in [3.8, 4) is 0 Å². The van der Waals surface area contributed by atoms with Gasteiger partial charge in [0.25, 0.3) is 0 Å². The maximum Gasteiger partial charge on any atom is 0.157 e. The second-order valence-corrected chi connectivity index (χ2v) is 4.13. The van der Waals surface area contributed by atoms with E-state index in [-0.39, 0.29) is 11.6 Å². The first-order chi connectivity index (χ1) is 7.50. The van der Waals surface area contributed by atoms with E-state index in [2.05, 4.69) is 6.58 Å². The SMILES string of the molecule is C=C(/C=C\C(F)=C/C)C1(N)CCCCC1=O. The molecule has 88 valence electrons. The minimum Gasteiger partial charge on any atom is -0.315 e. The molecule has 1 saturated carbocycles. The minimum atomic E-state index is -0.983. The van der Waals surface area contributed by atoms with Crippen LogP contribution in [0.5, 0.6) is 0 Å². The molecule has 1 rings (SSSR count). The molecule has 0 spiro atoms. The summed E-state index contributed by atoms with van der Waals surface area (Å²) in [6, 6.07) is 0. The highest BCUT2D eigenvalue weighted by Crippen LogP contribution is 2.29. The van der Waals surface area contributed by atoms with Crippen molar-refractivity contribution < 1.29 is 9.18 Å². The fraction of sp³-hybridized carbons (Fsp3) is 0.462. The van der Waals surface area contributed by atoms with Gasteiger partial charge in [-0.05, 0) is 31.4 Å². The Morgan fingerprint density at radius 1 is 1.50 bits per heavy atom. The van der Waals surface area contributed by atoms with Crippen LogP contribution in [0.3, 0.4) is 0 Å². The lowest BCUT2D eigenvalue weighted by Gasteiger charge is -2.32. The molecule has 0 aromatic heterocycles. The van der Waals surface area contributed by atoms with Crippen molar-refractivity contribution in [2.45, 2.75) is 38.1 Å². The van der Waals surface area contributed by atoms with Gasteiger partial charge in [-0.25, -0.2) is 4.39 Å². The lowest BCUT2D eigenvalue weighted by molar-refractivity contribution is -0.124. The number of carbonyl (C=O) groups is 1. The summed E-state index contributed by atoms with van der Waals surface area (Å²) in [7, 11) is 0. The zero-order chi connectivity index (χ0) is 12.2.